The number of hydrogen-bond donors (Lipinski definition) is 1. The predicted octanol–water partition coefficient (Wildman–Crippen LogP) is 0.952. The fourth-order valence-electron chi connectivity index (χ4n) is 2.56. The van der Waals surface area contributed by atoms with Crippen LogP contribution in [0.25, 0.3) is 0 Å². The normalized spacial score (nSPS) is 33.7. The number of piperidine rings is 1. The van der Waals surface area contributed by atoms with E-state index >= 15 is 0 Å². The van der Waals surface area contributed by atoms with Crippen LogP contribution in [0.3, 0.4) is 0 Å². The summed E-state index contributed by atoms with van der Waals surface area (Å²) in [6, 6.07) is 6.08. The standard InChI is InChI=1S/C12H16N2O2/c1-9-3-2-4-10(14-9)12-5-6-13-7-11(12)15-8-16-12/h2-4,11,13H,5-8H2,1H3. The van der Waals surface area contributed by atoms with Gasteiger partial charge in [-0.3, -0.25) is 4.98 Å². The quantitative estimate of drug-likeness (QED) is 0.765. The van der Waals surface area contributed by atoms with E-state index in [4.69, 9.17) is 9.47 Å². The molecule has 2 fully saturated rings. The molecule has 1 aromatic heterocycles. The van der Waals surface area contributed by atoms with Crippen molar-refractivity contribution < 1.29 is 9.47 Å². The third-order valence-electron chi connectivity index (χ3n) is 3.43. The van der Waals surface area contributed by atoms with Gasteiger partial charge in [-0.25, -0.2) is 0 Å². The summed E-state index contributed by atoms with van der Waals surface area (Å²) in [6.45, 7) is 4.18. The Kier molecular flexibility index (Phi) is 2.42. The number of nitrogens with one attached hydrogen (secondary N) is 1. The highest BCUT2D eigenvalue weighted by Gasteiger charge is 2.49. The zero-order valence-electron chi connectivity index (χ0n) is 9.40. The smallest absolute Gasteiger partial charge is 0.148 e. The number of aromatic nitrogens is 1. The summed E-state index contributed by atoms with van der Waals surface area (Å²) in [5, 5.41) is 3.33. The second kappa shape index (κ2) is 3.80. The summed E-state index contributed by atoms with van der Waals surface area (Å²) >= 11 is 0. The van der Waals surface area contributed by atoms with Gasteiger partial charge < -0.3 is 14.8 Å². The highest BCUT2D eigenvalue weighted by atomic mass is 16.7. The number of rotatable bonds is 1. The molecular formula is C12H16N2O2. The molecule has 2 aliphatic rings. The number of ether oxygens (including phenoxy) is 2. The van der Waals surface area contributed by atoms with Crippen LogP contribution >= 0.6 is 0 Å². The first kappa shape index (κ1) is 10.2. The predicted molar refractivity (Wildman–Crippen MR) is 59.0 cm³/mol. The summed E-state index contributed by atoms with van der Waals surface area (Å²) in [4.78, 5) is 4.60. The van der Waals surface area contributed by atoms with Crippen molar-refractivity contribution >= 4 is 0 Å². The molecule has 0 amide bonds. The van der Waals surface area contributed by atoms with Crippen LogP contribution in [0.2, 0.25) is 0 Å². The van der Waals surface area contributed by atoms with Crippen molar-refractivity contribution in [2.45, 2.75) is 25.0 Å². The molecule has 0 spiro atoms. The van der Waals surface area contributed by atoms with E-state index in [1.807, 2.05) is 25.1 Å². The van der Waals surface area contributed by atoms with E-state index in [1.54, 1.807) is 0 Å². The number of pyridine rings is 1. The van der Waals surface area contributed by atoms with E-state index in [-0.39, 0.29) is 11.7 Å². The highest BCUT2D eigenvalue weighted by Crippen LogP contribution is 2.39. The van der Waals surface area contributed by atoms with E-state index in [1.165, 1.54) is 0 Å². The number of hydrogen-bond acceptors (Lipinski definition) is 4. The summed E-state index contributed by atoms with van der Waals surface area (Å²) in [7, 11) is 0. The minimum absolute atomic E-state index is 0.0931. The van der Waals surface area contributed by atoms with Gasteiger partial charge in [-0.1, -0.05) is 6.07 Å². The molecule has 4 heteroatoms. The molecule has 16 heavy (non-hydrogen) atoms. The molecule has 0 saturated carbocycles. The molecule has 3 heterocycles. The fourth-order valence-corrected chi connectivity index (χ4v) is 2.56. The molecule has 2 saturated heterocycles. The van der Waals surface area contributed by atoms with Crippen molar-refractivity contribution in [2.75, 3.05) is 19.9 Å². The lowest BCUT2D eigenvalue weighted by molar-refractivity contribution is -0.0300. The third kappa shape index (κ3) is 1.45. The summed E-state index contributed by atoms with van der Waals surface area (Å²) < 4.78 is 11.5. The van der Waals surface area contributed by atoms with Crippen LogP contribution in [0.4, 0.5) is 0 Å². The van der Waals surface area contributed by atoms with Gasteiger partial charge in [0.1, 0.15) is 18.5 Å². The third-order valence-corrected chi connectivity index (χ3v) is 3.43. The van der Waals surface area contributed by atoms with Crippen LogP contribution < -0.4 is 5.32 Å². The van der Waals surface area contributed by atoms with Crippen LogP contribution in [-0.2, 0) is 15.1 Å². The SMILES string of the molecule is Cc1cccc(C23CCNCC2OCO3)n1. The Hall–Kier alpha value is -0.970. The second-order valence-corrected chi connectivity index (χ2v) is 4.43. The Morgan fingerprint density at radius 2 is 2.44 bits per heavy atom. The van der Waals surface area contributed by atoms with Gasteiger partial charge in [0.2, 0.25) is 0 Å². The summed E-state index contributed by atoms with van der Waals surface area (Å²) in [5.41, 5.74) is 1.72. The Morgan fingerprint density at radius 3 is 3.31 bits per heavy atom. The lowest BCUT2D eigenvalue weighted by Gasteiger charge is -2.36. The molecule has 86 valence electrons. The van der Waals surface area contributed by atoms with Crippen LogP contribution in [0.5, 0.6) is 0 Å². The van der Waals surface area contributed by atoms with Gasteiger partial charge in [0.05, 0.1) is 5.69 Å². The topological polar surface area (TPSA) is 43.4 Å². The Bertz CT molecular complexity index is 396. The Labute approximate surface area is 95.0 Å². The van der Waals surface area contributed by atoms with Gasteiger partial charge in [-0.2, -0.15) is 0 Å². The van der Waals surface area contributed by atoms with Gasteiger partial charge >= 0.3 is 0 Å². The van der Waals surface area contributed by atoms with Crippen LogP contribution in [0.1, 0.15) is 17.8 Å². The van der Waals surface area contributed by atoms with Gasteiger partial charge in [-0.05, 0) is 32.0 Å². The van der Waals surface area contributed by atoms with Gasteiger partial charge in [-0.15, -0.1) is 0 Å². The molecule has 2 unspecified atom stereocenters. The van der Waals surface area contributed by atoms with Crippen molar-refractivity contribution in [3.8, 4) is 0 Å². The largest absolute Gasteiger partial charge is 0.347 e. The first-order valence-corrected chi connectivity index (χ1v) is 5.72. The zero-order chi connectivity index (χ0) is 11.0. The molecule has 4 nitrogen and oxygen atoms in total. The molecule has 2 atom stereocenters. The maximum absolute atomic E-state index is 5.86. The molecule has 3 rings (SSSR count). The average Bonchev–Trinajstić information content (AvgIpc) is 2.73. The van der Waals surface area contributed by atoms with E-state index in [0.717, 1.165) is 30.9 Å². The van der Waals surface area contributed by atoms with E-state index < -0.39 is 0 Å². The summed E-state index contributed by atoms with van der Waals surface area (Å²) in [6.07, 6.45) is 1.02. The van der Waals surface area contributed by atoms with Crippen molar-refractivity contribution in [2.24, 2.45) is 0 Å². The van der Waals surface area contributed by atoms with Crippen LogP contribution in [0, 0.1) is 6.92 Å². The minimum atomic E-state index is -0.322. The molecule has 2 aliphatic heterocycles. The maximum Gasteiger partial charge on any atom is 0.148 e. The van der Waals surface area contributed by atoms with Crippen molar-refractivity contribution in [3.63, 3.8) is 0 Å². The molecule has 0 bridgehead atoms. The van der Waals surface area contributed by atoms with Crippen LogP contribution in [-0.4, -0.2) is 31.0 Å². The van der Waals surface area contributed by atoms with E-state index in [0.29, 0.717) is 6.79 Å². The van der Waals surface area contributed by atoms with E-state index in [9.17, 15) is 0 Å². The lowest BCUT2D eigenvalue weighted by Crippen LogP contribution is -2.50. The average molecular weight is 220 g/mol. The maximum atomic E-state index is 5.86. The molecule has 0 radical (unpaired) electrons. The fraction of sp³-hybridized carbons (Fsp3) is 0.583. The minimum Gasteiger partial charge on any atom is -0.347 e. The molecule has 0 aromatic carbocycles. The van der Waals surface area contributed by atoms with E-state index in [2.05, 4.69) is 10.3 Å². The van der Waals surface area contributed by atoms with Gasteiger partial charge in [0, 0.05) is 12.2 Å². The first-order valence-electron chi connectivity index (χ1n) is 5.72. The summed E-state index contributed by atoms with van der Waals surface area (Å²) in [5.74, 6) is 0. The van der Waals surface area contributed by atoms with Gasteiger partial charge in [0.15, 0.2) is 0 Å². The molecule has 0 aliphatic carbocycles. The number of nitrogens with zero attached hydrogens (tertiary/aromatic N) is 1. The lowest BCUT2D eigenvalue weighted by atomic mass is 9.86. The van der Waals surface area contributed by atoms with Crippen molar-refractivity contribution in [3.05, 3.63) is 29.6 Å². The second-order valence-electron chi connectivity index (χ2n) is 4.43. The molecule has 1 N–H and O–H groups in total. The van der Waals surface area contributed by atoms with Gasteiger partial charge in [0.25, 0.3) is 0 Å². The Balaban J connectivity index is 2.02. The van der Waals surface area contributed by atoms with Crippen molar-refractivity contribution in [1.29, 1.82) is 0 Å². The highest BCUT2D eigenvalue weighted by molar-refractivity contribution is 5.21. The zero-order valence-corrected chi connectivity index (χ0v) is 9.40. The monoisotopic (exact) mass is 220 g/mol. The number of fused-ring (bicyclic) bond motifs is 1. The Morgan fingerprint density at radius 1 is 1.50 bits per heavy atom. The number of aryl methyl sites for hydroxylation is 1. The molecule has 1 aromatic rings. The molecular weight excluding hydrogens is 204 g/mol. The van der Waals surface area contributed by atoms with Crippen molar-refractivity contribution in [1.82, 2.24) is 10.3 Å². The van der Waals surface area contributed by atoms with Crippen LogP contribution in [0.15, 0.2) is 18.2 Å². The first-order chi connectivity index (χ1) is 7.81.